The Balaban J connectivity index is 0.00000280. The van der Waals surface area contributed by atoms with Crippen molar-refractivity contribution in [3.8, 4) is 0 Å². The zero-order valence-electron chi connectivity index (χ0n) is 16.7. The molecule has 2 unspecified atom stereocenters. The molecule has 4 nitrogen and oxygen atoms in total. The number of halogens is 1. The highest BCUT2D eigenvalue weighted by Crippen LogP contribution is 2.36. The first-order chi connectivity index (χ1) is 13.0. The van der Waals surface area contributed by atoms with Crippen molar-refractivity contribution in [2.24, 2.45) is 11.7 Å². The van der Waals surface area contributed by atoms with Gasteiger partial charge >= 0.3 is 0 Å². The molecule has 2 aromatic rings. The largest absolute Gasteiger partial charge is 0.381 e. The monoisotopic (exact) mass is 402 g/mol. The summed E-state index contributed by atoms with van der Waals surface area (Å²) in [5.74, 6) is -0.285. The van der Waals surface area contributed by atoms with Crippen molar-refractivity contribution in [3.05, 3.63) is 71.3 Å². The first-order valence-electron chi connectivity index (χ1n) is 9.76. The normalized spacial score (nSPS) is 17.8. The van der Waals surface area contributed by atoms with Crippen LogP contribution < -0.4 is 11.1 Å². The van der Waals surface area contributed by atoms with E-state index in [9.17, 15) is 4.79 Å². The summed E-state index contributed by atoms with van der Waals surface area (Å²) in [4.78, 5) is 12.8. The minimum Gasteiger partial charge on any atom is -0.381 e. The molecule has 3 N–H and O–H groups in total. The first-order valence-corrected chi connectivity index (χ1v) is 9.76. The van der Waals surface area contributed by atoms with Crippen molar-refractivity contribution in [3.63, 3.8) is 0 Å². The molecule has 2 atom stereocenters. The van der Waals surface area contributed by atoms with Gasteiger partial charge in [-0.05, 0) is 36.5 Å². The number of carbonyl (C=O) groups is 1. The number of nitrogens with one attached hydrogen (secondary N) is 1. The Morgan fingerprint density at radius 3 is 2.36 bits per heavy atom. The van der Waals surface area contributed by atoms with Crippen molar-refractivity contribution in [1.82, 2.24) is 5.32 Å². The van der Waals surface area contributed by atoms with Crippen LogP contribution in [0.15, 0.2) is 54.6 Å². The highest BCUT2D eigenvalue weighted by atomic mass is 35.5. The number of carbonyl (C=O) groups excluding carboxylic acids is 1. The zero-order valence-corrected chi connectivity index (χ0v) is 17.5. The highest BCUT2D eigenvalue weighted by Gasteiger charge is 2.36. The average molecular weight is 403 g/mol. The van der Waals surface area contributed by atoms with Crippen LogP contribution in [0, 0.1) is 12.8 Å². The molecule has 0 spiro atoms. The molecule has 5 heteroatoms. The topological polar surface area (TPSA) is 64.4 Å². The Kier molecular flexibility index (Phi) is 8.05. The number of nitrogens with two attached hydrogens (primary N) is 1. The fourth-order valence-corrected chi connectivity index (χ4v) is 4.02. The number of ether oxygens (including phenoxy) is 1. The number of hydrogen-bond acceptors (Lipinski definition) is 3. The van der Waals surface area contributed by atoms with Crippen molar-refractivity contribution in [2.75, 3.05) is 19.8 Å². The van der Waals surface area contributed by atoms with Gasteiger partial charge in [0.25, 0.3) is 0 Å². The van der Waals surface area contributed by atoms with Gasteiger partial charge in [0.2, 0.25) is 5.91 Å². The third-order valence-corrected chi connectivity index (χ3v) is 5.90. The van der Waals surface area contributed by atoms with E-state index in [0.29, 0.717) is 6.54 Å². The average Bonchev–Trinajstić information content (AvgIpc) is 2.72. The van der Waals surface area contributed by atoms with E-state index in [4.69, 9.17) is 10.5 Å². The van der Waals surface area contributed by atoms with E-state index < -0.39 is 0 Å². The molecule has 1 heterocycles. The van der Waals surface area contributed by atoms with Gasteiger partial charge in [-0.2, -0.15) is 0 Å². The summed E-state index contributed by atoms with van der Waals surface area (Å²) in [6, 6.07) is 18.0. The number of amides is 1. The maximum Gasteiger partial charge on any atom is 0.224 e. The van der Waals surface area contributed by atoms with E-state index >= 15 is 0 Å². The quantitative estimate of drug-likeness (QED) is 0.769. The molecule has 0 saturated carbocycles. The zero-order chi connectivity index (χ0) is 19.3. The molecule has 1 amide bonds. The molecule has 0 aliphatic carbocycles. The van der Waals surface area contributed by atoms with Crippen LogP contribution in [0.1, 0.15) is 42.5 Å². The van der Waals surface area contributed by atoms with Gasteiger partial charge in [0.15, 0.2) is 0 Å². The lowest BCUT2D eigenvalue weighted by Gasteiger charge is -2.39. The van der Waals surface area contributed by atoms with Crippen molar-refractivity contribution in [2.45, 2.75) is 38.1 Å². The van der Waals surface area contributed by atoms with Crippen molar-refractivity contribution >= 4 is 18.3 Å². The lowest BCUT2D eigenvalue weighted by Crippen LogP contribution is -2.47. The maximum atomic E-state index is 12.8. The number of rotatable bonds is 6. The van der Waals surface area contributed by atoms with E-state index in [1.807, 2.05) is 37.3 Å². The van der Waals surface area contributed by atoms with E-state index in [1.165, 1.54) is 11.1 Å². The van der Waals surface area contributed by atoms with Gasteiger partial charge in [-0.3, -0.25) is 4.79 Å². The van der Waals surface area contributed by atoms with Crippen LogP contribution in [0.3, 0.4) is 0 Å². The Morgan fingerprint density at radius 2 is 1.71 bits per heavy atom. The summed E-state index contributed by atoms with van der Waals surface area (Å²) in [6.07, 6.45) is 1.83. The number of benzene rings is 2. The Morgan fingerprint density at radius 1 is 1.11 bits per heavy atom. The standard InChI is InChI=1S/C23H30N2O2.ClH/c1-17-8-6-7-11-20(17)23(12-14-27-15-13-23)16-25-22(26)18(2)21(24)19-9-4-3-5-10-19;/h3-11,18,21H,12-16,24H2,1-2H3,(H,25,26);1H. The SMILES string of the molecule is Cc1ccccc1C1(CNC(=O)C(C)C(N)c2ccccc2)CCOCC1.Cl. The molecule has 0 bridgehead atoms. The number of hydrogen-bond donors (Lipinski definition) is 2. The summed E-state index contributed by atoms with van der Waals surface area (Å²) in [7, 11) is 0. The van der Waals surface area contributed by atoms with E-state index in [0.717, 1.165) is 31.6 Å². The molecule has 1 aliphatic rings. The molecular formula is C23H31ClN2O2. The molecule has 2 aromatic carbocycles. The van der Waals surface area contributed by atoms with E-state index in [-0.39, 0.29) is 35.7 Å². The van der Waals surface area contributed by atoms with Crippen LogP contribution in [-0.4, -0.2) is 25.7 Å². The van der Waals surface area contributed by atoms with Gasteiger partial charge in [0, 0.05) is 31.2 Å². The second kappa shape index (κ2) is 10.1. The highest BCUT2D eigenvalue weighted by molar-refractivity contribution is 5.85. The molecule has 1 fully saturated rings. The predicted molar refractivity (Wildman–Crippen MR) is 116 cm³/mol. The summed E-state index contributed by atoms with van der Waals surface area (Å²) in [5, 5.41) is 3.19. The summed E-state index contributed by atoms with van der Waals surface area (Å²) in [6.45, 7) is 6.11. The fraction of sp³-hybridized carbons (Fsp3) is 0.435. The second-order valence-corrected chi connectivity index (χ2v) is 7.65. The third kappa shape index (κ3) is 4.93. The Hall–Kier alpha value is -1.88. The van der Waals surface area contributed by atoms with Gasteiger partial charge in [0.05, 0.1) is 5.92 Å². The Labute approximate surface area is 174 Å². The van der Waals surface area contributed by atoms with Gasteiger partial charge in [-0.25, -0.2) is 0 Å². The molecule has 152 valence electrons. The van der Waals surface area contributed by atoms with Gasteiger partial charge in [0.1, 0.15) is 0 Å². The lowest BCUT2D eigenvalue weighted by atomic mass is 9.72. The predicted octanol–water partition coefficient (Wildman–Crippen LogP) is 3.92. The van der Waals surface area contributed by atoms with Crippen LogP contribution in [0.25, 0.3) is 0 Å². The van der Waals surface area contributed by atoms with E-state index in [1.54, 1.807) is 0 Å². The second-order valence-electron chi connectivity index (χ2n) is 7.65. The van der Waals surface area contributed by atoms with Crippen LogP contribution in [-0.2, 0) is 14.9 Å². The molecule has 1 saturated heterocycles. The minimum absolute atomic E-state index is 0. The minimum atomic E-state index is -0.310. The smallest absolute Gasteiger partial charge is 0.224 e. The van der Waals surface area contributed by atoms with Gasteiger partial charge in [-0.15, -0.1) is 12.4 Å². The van der Waals surface area contributed by atoms with Gasteiger partial charge < -0.3 is 15.8 Å². The summed E-state index contributed by atoms with van der Waals surface area (Å²) in [5.41, 5.74) is 9.83. The van der Waals surface area contributed by atoms with Crippen LogP contribution in [0.2, 0.25) is 0 Å². The third-order valence-electron chi connectivity index (χ3n) is 5.90. The van der Waals surface area contributed by atoms with Crippen LogP contribution in [0.4, 0.5) is 0 Å². The lowest BCUT2D eigenvalue weighted by molar-refractivity contribution is -0.125. The molecule has 1 aliphatic heterocycles. The van der Waals surface area contributed by atoms with Crippen molar-refractivity contribution < 1.29 is 9.53 Å². The van der Waals surface area contributed by atoms with Crippen LogP contribution in [0.5, 0.6) is 0 Å². The van der Waals surface area contributed by atoms with E-state index in [2.05, 4.69) is 36.5 Å². The number of aryl methyl sites for hydroxylation is 1. The molecule has 3 rings (SSSR count). The van der Waals surface area contributed by atoms with Crippen LogP contribution >= 0.6 is 12.4 Å². The summed E-state index contributed by atoms with van der Waals surface area (Å²) >= 11 is 0. The maximum absolute atomic E-state index is 12.8. The van der Waals surface area contributed by atoms with Gasteiger partial charge in [-0.1, -0.05) is 61.5 Å². The molecule has 0 radical (unpaired) electrons. The molecule has 0 aromatic heterocycles. The fourth-order valence-electron chi connectivity index (χ4n) is 4.02. The molecular weight excluding hydrogens is 372 g/mol. The van der Waals surface area contributed by atoms with Crippen molar-refractivity contribution in [1.29, 1.82) is 0 Å². The molecule has 28 heavy (non-hydrogen) atoms. The summed E-state index contributed by atoms with van der Waals surface area (Å²) < 4.78 is 5.60. The Bertz CT molecular complexity index is 760. The first kappa shape index (κ1) is 22.4.